The first-order valence-electron chi connectivity index (χ1n) is 9.36. The Morgan fingerprint density at radius 1 is 1.42 bits per heavy atom. The van der Waals surface area contributed by atoms with Crippen molar-refractivity contribution in [2.45, 2.75) is 52.0 Å². The summed E-state index contributed by atoms with van der Waals surface area (Å²) in [5.41, 5.74) is 0. The molecule has 0 aromatic carbocycles. The van der Waals surface area contributed by atoms with Gasteiger partial charge in [0, 0.05) is 44.0 Å². The summed E-state index contributed by atoms with van der Waals surface area (Å²) in [6.07, 6.45) is 5.10. The number of amides is 1. The number of piperidine rings is 1. The van der Waals surface area contributed by atoms with Gasteiger partial charge in [-0.1, -0.05) is 13.0 Å². The molecule has 1 amide bonds. The van der Waals surface area contributed by atoms with E-state index < -0.39 is 0 Å². The van der Waals surface area contributed by atoms with E-state index in [4.69, 9.17) is 0 Å². The van der Waals surface area contributed by atoms with Crippen LogP contribution in [0.2, 0.25) is 0 Å². The minimum Gasteiger partial charge on any atom is -0.356 e. The molecular weight excluding hydrogens is 459 g/mol. The fourth-order valence-electron chi connectivity index (χ4n) is 3.24. The highest BCUT2D eigenvalue weighted by molar-refractivity contribution is 14.0. The van der Waals surface area contributed by atoms with Crippen LogP contribution in [-0.4, -0.2) is 49.5 Å². The van der Waals surface area contributed by atoms with E-state index in [1.54, 1.807) is 18.4 Å². The fraction of sp³-hybridized carbons (Fsp3) is 0.684. The summed E-state index contributed by atoms with van der Waals surface area (Å²) in [5, 5.41) is 8.75. The third-order valence-electron chi connectivity index (χ3n) is 4.73. The van der Waals surface area contributed by atoms with Gasteiger partial charge in [0.2, 0.25) is 5.91 Å². The number of hydrogen-bond acceptors (Lipinski definition) is 3. The molecule has 7 heteroatoms. The third kappa shape index (κ3) is 7.82. The average Bonchev–Trinajstić information content (AvgIpc) is 3.11. The van der Waals surface area contributed by atoms with Crippen LogP contribution in [0.5, 0.6) is 0 Å². The van der Waals surface area contributed by atoms with Gasteiger partial charge < -0.3 is 15.5 Å². The summed E-state index contributed by atoms with van der Waals surface area (Å²) in [5.74, 6) is 1.56. The van der Waals surface area contributed by atoms with E-state index in [0.29, 0.717) is 24.9 Å². The van der Waals surface area contributed by atoms with Crippen molar-refractivity contribution in [2.75, 3.05) is 26.7 Å². The standard InChI is InChI=1S/C19H32N4OS.HI/c1-15(13-17-8-6-12-25-17)14-22-19(20-3)21-10-9-18(24)23-11-5-4-7-16(23)2;/h6,8,12,15-16H,4-5,7,9-11,13-14H2,1-3H3,(H2,20,21,22);1H. The van der Waals surface area contributed by atoms with E-state index in [1.807, 2.05) is 4.90 Å². The molecule has 2 rings (SSSR count). The van der Waals surface area contributed by atoms with Gasteiger partial charge in [0.15, 0.2) is 5.96 Å². The SMILES string of the molecule is CN=C(NCCC(=O)N1CCCCC1C)NCC(C)Cc1cccs1.I. The van der Waals surface area contributed by atoms with Crippen LogP contribution in [-0.2, 0) is 11.2 Å². The van der Waals surface area contributed by atoms with Crippen LogP contribution in [0, 0.1) is 5.92 Å². The second-order valence-electron chi connectivity index (χ2n) is 6.95. The van der Waals surface area contributed by atoms with Crippen LogP contribution >= 0.6 is 35.3 Å². The number of aliphatic imine (C=N–C) groups is 1. The molecule has 1 aliphatic heterocycles. The highest BCUT2D eigenvalue weighted by Gasteiger charge is 2.22. The number of nitrogens with zero attached hydrogens (tertiary/aromatic N) is 2. The van der Waals surface area contributed by atoms with Crippen molar-refractivity contribution in [3.05, 3.63) is 22.4 Å². The highest BCUT2D eigenvalue weighted by atomic mass is 127. The number of carbonyl (C=O) groups is 1. The second-order valence-corrected chi connectivity index (χ2v) is 7.98. The summed E-state index contributed by atoms with van der Waals surface area (Å²) in [6.45, 7) is 6.80. The maximum absolute atomic E-state index is 12.3. The topological polar surface area (TPSA) is 56.7 Å². The monoisotopic (exact) mass is 492 g/mol. The normalized spacial score (nSPS) is 18.8. The first-order chi connectivity index (χ1) is 12.1. The molecule has 1 aromatic heterocycles. The molecule has 2 heterocycles. The molecule has 0 spiro atoms. The van der Waals surface area contributed by atoms with Crippen molar-refractivity contribution >= 4 is 47.2 Å². The van der Waals surface area contributed by atoms with Crippen molar-refractivity contribution in [3.63, 3.8) is 0 Å². The molecule has 148 valence electrons. The van der Waals surface area contributed by atoms with Crippen LogP contribution in [0.15, 0.2) is 22.5 Å². The Hall–Kier alpha value is -0.830. The molecule has 1 aromatic rings. The summed E-state index contributed by atoms with van der Waals surface area (Å²) in [6, 6.07) is 4.67. The number of thiophene rings is 1. The molecule has 0 saturated carbocycles. The molecule has 1 aliphatic rings. The highest BCUT2D eigenvalue weighted by Crippen LogP contribution is 2.17. The van der Waals surface area contributed by atoms with E-state index in [0.717, 1.165) is 38.3 Å². The minimum atomic E-state index is 0. The van der Waals surface area contributed by atoms with Crippen molar-refractivity contribution in [1.29, 1.82) is 0 Å². The van der Waals surface area contributed by atoms with Gasteiger partial charge in [-0.15, -0.1) is 35.3 Å². The molecule has 2 N–H and O–H groups in total. The molecule has 5 nitrogen and oxygen atoms in total. The number of halogens is 1. The van der Waals surface area contributed by atoms with Crippen LogP contribution in [0.25, 0.3) is 0 Å². The van der Waals surface area contributed by atoms with Gasteiger partial charge in [-0.25, -0.2) is 0 Å². The van der Waals surface area contributed by atoms with Gasteiger partial charge in [0.1, 0.15) is 0 Å². The van der Waals surface area contributed by atoms with Crippen molar-refractivity contribution in [2.24, 2.45) is 10.9 Å². The van der Waals surface area contributed by atoms with Gasteiger partial charge in [-0.2, -0.15) is 0 Å². The Balaban J connectivity index is 0.00000338. The zero-order valence-electron chi connectivity index (χ0n) is 16.2. The van der Waals surface area contributed by atoms with Crippen LogP contribution in [0.3, 0.4) is 0 Å². The number of hydrogen-bond donors (Lipinski definition) is 2. The number of likely N-dealkylation sites (tertiary alicyclic amines) is 1. The average molecular weight is 492 g/mol. The van der Waals surface area contributed by atoms with E-state index >= 15 is 0 Å². The fourth-order valence-corrected chi connectivity index (χ4v) is 4.11. The summed E-state index contributed by atoms with van der Waals surface area (Å²) in [4.78, 5) is 20.0. The number of rotatable bonds is 7. The zero-order valence-corrected chi connectivity index (χ0v) is 19.3. The Labute approximate surface area is 179 Å². The van der Waals surface area contributed by atoms with E-state index in [2.05, 4.69) is 47.0 Å². The van der Waals surface area contributed by atoms with Crippen LogP contribution in [0.1, 0.15) is 44.4 Å². The lowest BCUT2D eigenvalue weighted by Gasteiger charge is -2.33. The molecule has 1 fully saturated rings. The van der Waals surface area contributed by atoms with E-state index in [9.17, 15) is 4.79 Å². The summed E-state index contributed by atoms with van der Waals surface area (Å²) >= 11 is 1.81. The molecule has 0 radical (unpaired) electrons. The summed E-state index contributed by atoms with van der Waals surface area (Å²) in [7, 11) is 1.77. The smallest absolute Gasteiger partial charge is 0.224 e. The lowest BCUT2D eigenvalue weighted by molar-refractivity contribution is -0.134. The molecule has 1 saturated heterocycles. The number of nitrogens with one attached hydrogen (secondary N) is 2. The predicted molar refractivity (Wildman–Crippen MR) is 122 cm³/mol. The Morgan fingerprint density at radius 2 is 2.23 bits per heavy atom. The van der Waals surface area contributed by atoms with Gasteiger partial charge in [0.25, 0.3) is 0 Å². The van der Waals surface area contributed by atoms with Crippen LogP contribution < -0.4 is 10.6 Å². The first-order valence-corrected chi connectivity index (χ1v) is 10.2. The Morgan fingerprint density at radius 3 is 2.88 bits per heavy atom. The maximum atomic E-state index is 12.3. The van der Waals surface area contributed by atoms with E-state index in [1.165, 1.54) is 11.3 Å². The number of guanidine groups is 1. The van der Waals surface area contributed by atoms with Crippen LogP contribution in [0.4, 0.5) is 0 Å². The largest absolute Gasteiger partial charge is 0.356 e. The molecule has 0 aliphatic carbocycles. The molecule has 26 heavy (non-hydrogen) atoms. The minimum absolute atomic E-state index is 0. The van der Waals surface area contributed by atoms with Crippen molar-refractivity contribution in [1.82, 2.24) is 15.5 Å². The van der Waals surface area contributed by atoms with Crippen molar-refractivity contribution < 1.29 is 4.79 Å². The van der Waals surface area contributed by atoms with Gasteiger partial charge in [0.05, 0.1) is 0 Å². The van der Waals surface area contributed by atoms with Gasteiger partial charge in [-0.3, -0.25) is 9.79 Å². The zero-order chi connectivity index (χ0) is 18.1. The Bertz CT molecular complexity index is 550. The quantitative estimate of drug-likeness (QED) is 0.348. The third-order valence-corrected chi connectivity index (χ3v) is 5.62. The summed E-state index contributed by atoms with van der Waals surface area (Å²) < 4.78 is 0. The predicted octanol–water partition coefficient (Wildman–Crippen LogP) is 3.50. The molecule has 0 bridgehead atoms. The van der Waals surface area contributed by atoms with Gasteiger partial charge >= 0.3 is 0 Å². The first kappa shape index (κ1) is 23.2. The second kappa shape index (κ2) is 12.5. The molecular formula is C19H33IN4OS. The lowest BCUT2D eigenvalue weighted by atomic mass is 10.0. The number of carbonyl (C=O) groups excluding carboxylic acids is 1. The van der Waals surface area contributed by atoms with Crippen molar-refractivity contribution in [3.8, 4) is 0 Å². The molecule has 2 unspecified atom stereocenters. The molecule has 2 atom stereocenters. The maximum Gasteiger partial charge on any atom is 0.224 e. The van der Waals surface area contributed by atoms with E-state index in [-0.39, 0.29) is 29.9 Å². The van der Waals surface area contributed by atoms with Gasteiger partial charge in [-0.05, 0) is 50.0 Å². The Kier molecular flexibility index (Phi) is 11.2. The lowest BCUT2D eigenvalue weighted by Crippen LogP contribution is -2.44.